The molecule has 4 nitrogen and oxygen atoms in total. The maximum Gasteiger partial charge on any atom is 0.258 e. The standard InChI is InChI=1S/C9H3Br4N3OS/c10-4-2-14-8(6(12)15-4)16-9(17)3-1-5(11)18-7(3)13/h1-2H,(H,14,16,17). The highest BCUT2D eigenvalue weighted by atomic mass is 79.9. The SMILES string of the molecule is O=C(Nc1ncc(Br)nc1Br)c1cc(Br)sc1Br. The van der Waals surface area contributed by atoms with Gasteiger partial charge in [0, 0.05) is 0 Å². The molecular formula is C9H3Br4N3OS. The zero-order chi connectivity index (χ0) is 13.3. The van der Waals surface area contributed by atoms with Crippen LogP contribution >= 0.6 is 75.1 Å². The van der Waals surface area contributed by atoms with Gasteiger partial charge in [0.15, 0.2) is 5.82 Å². The fourth-order valence-corrected chi connectivity index (χ4v) is 4.80. The topological polar surface area (TPSA) is 54.9 Å². The Morgan fingerprint density at radius 2 is 2.00 bits per heavy atom. The van der Waals surface area contributed by atoms with E-state index in [1.165, 1.54) is 17.5 Å². The molecule has 2 heterocycles. The third kappa shape index (κ3) is 3.38. The van der Waals surface area contributed by atoms with E-state index in [2.05, 4.69) is 79.0 Å². The summed E-state index contributed by atoms with van der Waals surface area (Å²) in [6.45, 7) is 0. The molecule has 0 saturated heterocycles. The van der Waals surface area contributed by atoms with Gasteiger partial charge in [-0.2, -0.15) is 0 Å². The van der Waals surface area contributed by atoms with Crippen LogP contribution in [0.15, 0.2) is 29.0 Å². The third-order valence-electron chi connectivity index (χ3n) is 1.83. The first-order valence-electron chi connectivity index (χ1n) is 4.41. The van der Waals surface area contributed by atoms with Gasteiger partial charge in [0.2, 0.25) is 0 Å². The van der Waals surface area contributed by atoms with Crippen molar-refractivity contribution in [1.82, 2.24) is 9.97 Å². The Hall–Kier alpha value is 0.170. The van der Waals surface area contributed by atoms with Crippen molar-refractivity contribution in [3.63, 3.8) is 0 Å². The average Bonchev–Trinajstić information content (AvgIpc) is 2.62. The number of rotatable bonds is 2. The molecule has 0 unspecified atom stereocenters. The van der Waals surface area contributed by atoms with Crippen LogP contribution in [0.3, 0.4) is 0 Å². The van der Waals surface area contributed by atoms with Crippen LogP contribution in [-0.4, -0.2) is 15.9 Å². The second-order valence-electron chi connectivity index (χ2n) is 3.02. The van der Waals surface area contributed by atoms with E-state index < -0.39 is 0 Å². The molecule has 9 heteroatoms. The fourth-order valence-electron chi connectivity index (χ4n) is 1.10. The molecule has 0 aliphatic rings. The van der Waals surface area contributed by atoms with E-state index >= 15 is 0 Å². The lowest BCUT2D eigenvalue weighted by Crippen LogP contribution is -2.13. The molecule has 94 valence electrons. The summed E-state index contributed by atoms with van der Waals surface area (Å²) in [6, 6.07) is 1.74. The van der Waals surface area contributed by atoms with Crippen molar-refractivity contribution < 1.29 is 4.79 Å². The molecule has 0 aromatic carbocycles. The molecule has 18 heavy (non-hydrogen) atoms. The summed E-state index contributed by atoms with van der Waals surface area (Å²) >= 11 is 14.5. The highest BCUT2D eigenvalue weighted by Crippen LogP contribution is 2.32. The number of halogens is 4. The summed E-state index contributed by atoms with van der Waals surface area (Å²) in [7, 11) is 0. The summed E-state index contributed by atoms with van der Waals surface area (Å²) in [5, 5.41) is 2.68. The monoisotopic (exact) mass is 517 g/mol. The van der Waals surface area contributed by atoms with E-state index in [-0.39, 0.29) is 5.91 Å². The van der Waals surface area contributed by atoms with Crippen LogP contribution in [-0.2, 0) is 0 Å². The van der Waals surface area contributed by atoms with Crippen molar-refractivity contribution in [3.8, 4) is 0 Å². The molecule has 2 aromatic rings. The number of nitrogens with zero attached hydrogens (tertiary/aromatic N) is 2. The number of hydrogen-bond donors (Lipinski definition) is 1. The number of hydrogen-bond acceptors (Lipinski definition) is 4. The van der Waals surface area contributed by atoms with Crippen molar-refractivity contribution in [1.29, 1.82) is 0 Å². The summed E-state index contributed by atoms with van der Waals surface area (Å²) < 4.78 is 2.69. The highest BCUT2D eigenvalue weighted by molar-refractivity contribution is 9.12. The first-order chi connectivity index (χ1) is 8.47. The maximum absolute atomic E-state index is 12.0. The fraction of sp³-hybridized carbons (Fsp3) is 0. The van der Waals surface area contributed by atoms with E-state index in [9.17, 15) is 4.79 Å². The zero-order valence-electron chi connectivity index (χ0n) is 8.38. The second-order valence-corrected chi connectivity index (χ2v) is 8.34. The van der Waals surface area contributed by atoms with E-state index in [0.717, 1.165) is 7.57 Å². The van der Waals surface area contributed by atoms with Crippen LogP contribution in [0.5, 0.6) is 0 Å². The Labute approximate surface area is 140 Å². The number of anilines is 1. The predicted molar refractivity (Wildman–Crippen MR) is 85.1 cm³/mol. The van der Waals surface area contributed by atoms with Gasteiger partial charge in [0.05, 0.1) is 19.3 Å². The third-order valence-corrected chi connectivity index (χ3v) is 5.11. The molecule has 0 atom stereocenters. The van der Waals surface area contributed by atoms with E-state index in [1.807, 2.05) is 0 Å². The predicted octanol–water partition coefficient (Wildman–Crippen LogP) is 4.84. The molecule has 0 aliphatic carbocycles. The Morgan fingerprint density at radius 3 is 2.56 bits per heavy atom. The molecule has 0 bridgehead atoms. The summed E-state index contributed by atoms with van der Waals surface area (Å²) in [5.74, 6) is 0.124. The first kappa shape index (κ1) is 14.6. The van der Waals surface area contributed by atoms with Crippen molar-refractivity contribution in [3.05, 3.63) is 34.6 Å². The van der Waals surface area contributed by atoms with Crippen molar-refractivity contribution in [2.24, 2.45) is 0 Å². The minimum absolute atomic E-state index is 0.249. The van der Waals surface area contributed by atoms with E-state index in [4.69, 9.17) is 0 Å². The Bertz CT molecular complexity index is 616. The molecule has 0 aliphatic heterocycles. The number of carbonyl (C=O) groups excluding carboxylic acids is 1. The van der Waals surface area contributed by atoms with Gasteiger partial charge in [-0.25, -0.2) is 9.97 Å². The van der Waals surface area contributed by atoms with Gasteiger partial charge >= 0.3 is 0 Å². The molecule has 0 fully saturated rings. The summed E-state index contributed by atoms with van der Waals surface area (Å²) in [5.41, 5.74) is 0.545. The smallest absolute Gasteiger partial charge is 0.258 e. The minimum atomic E-state index is -0.249. The van der Waals surface area contributed by atoms with E-state index in [0.29, 0.717) is 20.6 Å². The van der Waals surface area contributed by atoms with Crippen LogP contribution in [0.2, 0.25) is 0 Å². The Morgan fingerprint density at radius 1 is 1.28 bits per heavy atom. The average molecular weight is 521 g/mol. The minimum Gasteiger partial charge on any atom is -0.304 e. The second kappa shape index (κ2) is 6.08. The van der Waals surface area contributed by atoms with Crippen LogP contribution in [0.1, 0.15) is 10.4 Å². The lowest BCUT2D eigenvalue weighted by Gasteiger charge is -2.05. The van der Waals surface area contributed by atoms with Crippen molar-refractivity contribution >= 4 is 86.8 Å². The quantitative estimate of drug-likeness (QED) is 0.617. The molecule has 2 aromatic heterocycles. The lowest BCUT2D eigenvalue weighted by molar-refractivity contribution is 0.102. The van der Waals surface area contributed by atoms with Crippen LogP contribution < -0.4 is 5.32 Å². The van der Waals surface area contributed by atoms with Crippen LogP contribution in [0.4, 0.5) is 5.82 Å². The number of thiophene rings is 1. The molecule has 0 spiro atoms. The van der Waals surface area contributed by atoms with Crippen LogP contribution in [0, 0.1) is 0 Å². The van der Waals surface area contributed by atoms with Gasteiger partial charge in [-0.15, -0.1) is 11.3 Å². The molecule has 0 saturated carbocycles. The molecular weight excluding hydrogens is 518 g/mol. The number of carbonyl (C=O) groups is 1. The van der Waals surface area contributed by atoms with Gasteiger partial charge in [0.1, 0.15) is 9.21 Å². The molecule has 1 amide bonds. The Balaban J connectivity index is 2.24. The van der Waals surface area contributed by atoms with Crippen molar-refractivity contribution in [2.75, 3.05) is 5.32 Å². The largest absolute Gasteiger partial charge is 0.304 e. The lowest BCUT2D eigenvalue weighted by atomic mass is 10.3. The molecule has 0 radical (unpaired) electrons. The normalized spacial score (nSPS) is 10.4. The number of nitrogens with one attached hydrogen (secondary N) is 1. The van der Waals surface area contributed by atoms with Gasteiger partial charge in [-0.3, -0.25) is 4.79 Å². The first-order valence-corrected chi connectivity index (χ1v) is 8.40. The van der Waals surface area contributed by atoms with Gasteiger partial charge in [0.25, 0.3) is 5.91 Å². The summed E-state index contributed by atoms with van der Waals surface area (Å²) in [6.07, 6.45) is 1.51. The van der Waals surface area contributed by atoms with Crippen molar-refractivity contribution in [2.45, 2.75) is 0 Å². The Kier molecular flexibility index (Phi) is 4.92. The van der Waals surface area contributed by atoms with Gasteiger partial charge in [-0.1, -0.05) is 0 Å². The van der Waals surface area contributed by atoms with E-state index in [1.54, 1.807) is 6.07 Å². The highest BCUT2D eigenvalue weighted by Gasteiger charge is 2.16. The van der Waals surface area contributed by atoms with Crippen LogP contribution in [0.25, 0.3) is 0 Å². The number of amides is 1. The molecule has 1 N–H and O–H groups in total. The number of aromatic nitrogens is 2. The van der Waals surface area contributed by atoms with Gasteiger partial charge < -0.3 is 5.32 Å². The zero-order valence-corrected chi connectivity index (χ0v) is 15.5. The molecule has 2 rings (SSSR count). The maximum atomic E-state index is 12.0. The summed E-state index contributed by atoms with van der Waals surface area (Å²) in [4.78, 5) is 20.2. The van der Waals surface area contributed by atoms with Gasteiger partial charge in [-0.05, 0) is 69.8 Å².